The van der Waals surface area contributed by atoms with Crippen molar-refractivity contribution in [2.75, 3.05) is 11.4 Å². The number of rotatable bonds is 3. The molecule has 0 saturated carbocycles. The molecule has 6 rings (SSSR count). The molecule has 3 aromatic heterocycles. The van der Waals surface area contributed by atoms with Crippen LogP contribution in [0.5, 0.6) is 0 Å². The normalized spacial score (nSPS) is 16.3. The molecule has 5 nitrogen and oxygen atoms in total. The highest BCUT2D eigenvalue weighted by Gasteiger charge is 2.28. The molecular formula is C25H19F2N5. The Kier molecular flexibility index (Phi) is 4.35. The second-order valence-corrected chi connectivity index (χ2v) is 8.03. The predicted molar refractivity (Wildman–Crippen MR) is 119 cm³/mol. The van der Waals surface area contributed by atoms with Gasteiger partial charge in [-0.25, -0.2) is 18.9 Å². The molecule has 0 aliphatic carbocycles. The number of hydrogen-bond acceptors (Lipinski definition) is 4. The highest BCUT2D eigenvalue weighted by molar-refractivity contribution is 5.83. The summed E-state index contributed by atoms with van der Waals surface area (Å²) in [6.07, 6.45) is 3.53. The van der Waals surface area contributed by atoms with Crippen molar-refractivity contribution in [1.29, 1.82) is 0 Å². The van der Waals surface area contributed by atoms with E-state index < -0.39 is 5.95 Å². The third kappa shape index (κ3) is 3.09. The molecule has 0 bridgehead atoms. The van der Waals surface area contributed by atoms with Crippen LogP contribution in [-0.4, -0.2) is 26.1 Å². The van der Waals surface area contributed by atoms with Gasteiger partial charge in [0.25, 0.3) is 0 Å². The van der Waals surface area contributed by atoms with Gasteiger partial charge in [-0.15, -0.1) is 5.10 Å². The van der Waals surface area contributed by atoms with Crippen LogP contribution in [0.25, 0.3) is 27.8 Å². The van der Waals surface area contributed by atoms with Gasteiger partial charge in [-0.1, -0.05) is 30.3 Å². The Bertz CT molecular complexity index is 1460. The number of aromatic nitrogens is 4. The van der Waals surface area contributed by atoms with Crippen LogP contribution in [0.15, 0.2) is 72.9 Å². The molecule has 0 N–H and O–H groups in total. The van der Waals surface area contributed by atoms with E-state index in [1.54, 1.807) is 35.0 Å². The van der Waals surface area contributed by atoms with Crippen LogP contribution < -0.4 is 4.90 Å². The Labute approximate surface area is 183 Å². The van der Waals surface area contributed by atoms with E-state index >= 15 is 0 Å². The Morgan fingerprint density at radius 3 is 2.75 bits per heavy atom. The summed E-state index contributed by atoms with van der Waals surface area (Å²) in [6, 6.07) is 19.8. The first-order valence-corrected chi connectivity index (χ1v) is 10.6. The Balaban J connectivity index is 1.45. The highest BCUT2D eigenvalue weighted by atomic mass is 19.1. The lowest BCUT2D eigenvalue weighted by atomic mass is 10.0. The van der Waals surface area contributed by atoms with Crippen LogP contribution in [-0.2, 0) is 0 Å². The molecule has 5 aromatic rings. The molecule has 1 fully saturated rings. The zero-order chi connectivity index (χ0) is 21.7. The van der Waals surface area contributed by atoms with Crippen molar-refractivity contribution in [3.05, 3.63) is 90.3 Å². The number of imidazole rings is 1. The van der Waals surface area contributed by atoms with Crippen molar-refractivity contribution < 1.29 is 8.78 Å². The van der Waals surface area contributed by atoms with Crippen LogP contribution in [0.1, 0.15) is 24.4 Å². The second-order valence-electron chi connectivity index (χ2n) is 8.03. The largest absolute Gasteiger partial charge is 0.348 e. The smallest absolute Gasteiger partial charge is 0.222 e. The summed E-state index contributed by atoms with van der Waals surface area (Å²) >= 11 is 0. The van der Waals surface area contributed by atoms with Crippen molar-refractivity contribution in [2.45, 2.75) is 18.9 Å². The molecule has 0 amide bonds. The minimum atomic E-state index is -0.559. The van der Waals surface area contributed by atoms with Gasteiger partial charge < -0.3 is 4.90 Å². The fourth-order valence-corrected chi connectivity index (χ4v) is 4.57. The van der Waals surface area contributed by atoms with Gasteiger partial charge in [0, 0.05) is 11.9 Å². The number of pyridine rings is 1. The summed E-state index contributed by atoms with van der Waals surface area (Å²) in [5.41, 5.74) is 3.05. The quantitative estimate of drug-likeness (QED) is 0.354. The van der Waals surface area contributed by atoms with Gasteiger partial charge in [0.1, 0.15) is 11.6 Å². The van der Waals surface area contributed by atoms with E-state index in [0.717, 1.165) is 36.2 Å². The number of anilines is 1. The Hall–Kier alpha value is -3.87. The maximum atomic E-state index is 14.9. The summed E-state index contributed by atoms with van der Waals surface area (Å²) in [4.78, 5) is 10.7. The molecule has 1 saturated heterocycles. The first-order valence-electron chi connectivity index (χ1n) is 10.6. The van der Waals surface area contributed by atoms with Crippen molar-refractivity contribution in [3.8, 4) is 11.3 Å². The van der Waals surface area contributed by atoms with E-state index in [4.69, 9.17) is 5.10 Å². The highest BCUT2D eigenvalue weighted by Crippen LogP contribution is 2.36. The molecule has 158 valence electrons. The van der Waals surface area contributed by atoms with Crippen LogP contribution in [0.2, 0.25) is 0 Å². The van der Waals surface area contributed by atoms with Crippen LogP contribution in [0.4, 0.5) is 14.6 Å². The fourth-order valence-electron chi connectivity index (χ4n) is 4.57. The van der Waals surface area contributed by atoms with Gasteiger partial charge in [0.15, 0.2) is 5.65 Å². The summed E-state index contributed by atoms with van der Waals surface area (Å²) in [6.45, 7) is 0.815. The number of hydrogen-bond donors (Lipinski definition) is 0. The van der Waals surface area contributed by atoms with E-state index in [0.29, 0.717) is 22.4 Å². The number of nitrogens with zero attached hydrogens (tertiary/aromatic N) is 5. The maximum Gasteiger partial charge on any atom is 0.222 e. The average molecular weight is 427 g/mol. The first kappa shape index (κ1) is 18.9. The second kappa shape index (κ2) is 7.37. The van der Waals surface area contributed by atoms with Gasteiger partial charge in [-0.05, 0) is 54.8 Å². The lowest BCUT2D eigenvalue weighted by molar-refractivity contribution is 0.591. The van der Waals surface area contributed by atoms with E-state index in [2.05, 4.69) is 14.9 Å². The fraction of sp³-hybridized carbons (Fsp3) is 0.160. The summed E-state index contributed by atoms with van der Waals surface area (Å²) in [7, 11) is 0. The number of para-hydroxylation sites is 1. The standard InChI is InChI=1S/C25H19F2N5/c26-18-7-3-6-17(13-18)21-9-4-12-31(21)24-11-10-23-28-15-22(32(23)30-24)19-14-16-5-1-2-8-20(16)29-25(19)27/h1-3,5-8,10-11,13-15,21H,4,9,12H2. The van der Waals surface area contributed by atoms with Gasteiger partial charge in [-0.2, -0.15) is 4.39 Å². The van der Waals surface area contributed by atoms with E-state index in [9.17, 15) is 8.78 Å². The predicted octanol–water partition coefficient (Wildman–Crippen LogP) is 5.56. The van der Waals surface area contributed by atoms with Crippen molar-refractivity contribution in [3.63, 3.8) is 0 Å². The van der Waals surface area contributed by atoms with Gasteiger partial charge in [-0.3, -0.25) is 0 Å². The van der Waals surface area contributed by atoms with Crippen LogP contribution >= 0.6 is 0 Å². The van der Waals surface area contributed by atoms with E-state index in [1.807, 2.05) is 36.4 Å². The van der Waals surface area contributed by atoms with E-state index in [1.165, 1.54) is 6.07 Å². The zero-order valence-corrected chi connectivity index (χ0v) is 17.1. The van der Waals surface area contributed by atoms with Gasteiger partial charge in [0.2, 0.25) is 5.95 Å². The molecule has 2 aromatic carbocycles. The zero-order valence-electron chi connectivity index (χ0n) is 17.1. The summed E-state index contributed by atoms with van der Waals surface area (Å²) in [5, 5.41) is 5.65. The lowest BCUT2D eigenvalue weighted by Crippen LogP contribution is -2.24. The monoisotopic (exact) mass is 427 g/mol. The number of benzene rings is 2. The van der Waals surface area contributed by atoms with E-state index in [-0.39, 0.29) is 11.9 Å². The topological polar surface area (TPSA) is 46.3 Å². The maximum absolute atomic E-state index is 14.9. The molecule has 4 heterocycles. The minimum Gasteiger partial charge on any atom is -0.348 e. The molecule has 32 heavy (non-hydrogen) atoms. The lowest BCUT2D eigenvalue weighted by Gasteiger charge is -2.26. The third-order valence-electron chi connectivity index (χ3n) is 6.08. The molecular weight excluding hydrogens is 408 g/mol. The Morgan fingerprint density at radius 1 is 0.938 bits per heavy atom. The number of halogens is 2. The molecule has 1 aliphatic heterocycles. The first-order chi connectivity index (χ1) is 15.7. The van der Waals surface area contributed by atoms with Crippen LogP contribution in [0, 0.1) is 11.8 Å². The van der Waals surface area contributed by atoms with Crippen LogP contribution in [0.3, 0.4) is 0 Å². The van der Waals surface area contributed by atoms with Gasteiger partial charge in [0.05, 0.1) is 29.0 Å². The molecule has 1 aliphatic rings. The molecule has 1 unspecified atom stereocenters. The summed E-state index contributed by atoms with van der Waals surface area (Å²) in [5.74, 6) is -0.0527. The van der Waals surface area contributed by atoms with Crippen molar-refractivity contribution in [2.24, 2.45) is 0 Å². The Morgan fingerprint density at radius 2 is 1.84 bits per heavy atom. The average Bonchev–Trinajstić information content (AvgIpc) is 3.45. The molecule has 0 spiro atoms. The molecule has 1 atom stereocenters. The van der Waals surface area contributed by atoms with Gasteiger partial charge >= 0.3 is 0 Å². The molecule has 0 radical (unpaired) electrons. The minimum absolute atomic E-state index is 0.0432. The SMILES string of the molecule is Fc1cccc(C2CCCN2c2ccc3ncc(-c4cc5ccccc5nc4F)n3n2)c1. The van der Waals surface area contributed by atoms with Crippen molar-refractivity contribution in [1.82, 2.24) is 19.6 Å². The molecule has 7 heteroatoms. The van der Waals surface area contributed by atoms with Crippen molar-refractivity contribution >= 4 is 22.4 Å². The summed E-state index contributed by atoms with van der Waals surface area (Å²) < 4.78 is 30.4. The number of fused-ring (bicyclic) bond motifs is 2. The third-order valence-corrected chi connectivity index (χ3v) is 6.08.